The molecule has 2 heteroatoms. The fraction of sp³-hybridized carbons (Fsp3) is 0.538. The Balaban J connectivity index is 2.73. The fourth-order valence-corrected chi connectivity index (χ4v) is 1.58. The highest BCUT2D eigenvalue weighted by Crippen LogP contribution is 2.22. The van der Waals surface area contributed by atoms with E-state index in [9.17, 15) is 5.11 Å². The van der Waals surface area contributed by atoms with Crippen molar-refractivity contribution in [3.05, 3.63) is 35.4 Å². The Kier molecular flexibility index (Phi) is 4.18. The Morgan fingerprint density at radius 1 is 1.20 bits per heavy atom. The van der Waals surface area contributed by atoms with Crippen molar-refractivity contribution in [2.75, 3.05) is 5.88 Å². The molecule has 1 rings (SSSR count). The standard InChI is InChI=1S/C13H19ClO/c1-13(2,3)11-6-4-10(5-7-11)8-12(15)9-14/h4-7,12,15H,8-9H2,1-3H3. The van der Waals surface area contributed by atoms with Crippen molar-refractivity contribution in [1.82, 2.24) is 0 Å². The van der Waals surface area contributed by atoms with Crippen LogP contribution >= 0.6 is 11.6 Å². The average molecular weight is 227 g/mol. The van der Waals surface area contributed by atoms with Gasteiger partial charge in [0.05, 0.1) is 6.10 Å². The van der Waals surface area contributed by atoms with Gasteiger partial charge in [-0.25, -0.2) is 0 Å². The first-order valence-electron chi connectivity index (χ1n) is 5.27. The zero-order chi connectivity index (χ0) is 11.5. The second kappa shape index (κ2) is 5.00. The summed E-state index contributed by atoms with van der Waals surface area (Å²) in [6, 6.07) is 8.37. The highest BCUT2D eigenvalue weighted by atomic mass is 35.5. The van der Waals surface area contributed by atoms with Crippen LogP contribution in [0.25, 0.3) is 0 Å². The smallest absolute Gasteiger partial charge is 0.0715 e. The molecule has 84 valence electrons. The third-order valence-electron chi connectivity index (χ3n) is 2.47. The largest absolute Gasteiger partial charge is 0.392 e. The van der Waals surface area contributed by atoms with Crippen LogP contribution in [0.2, 0.25) is 0 Å². The Bertz CT molecular complexity index is 297. The van der Waals surface area contributed by atoms with Crippen molar-refractivity contribution in [3.63, 3.8) is 0 Å². The van der Waals surface area contributed by atoms with Crippen LogP contribution < -0.4 is 0 Å². The third kappa shape index (κ3) is 3.84. The van der Waals surface area contributed by atoms with Gasteiger partial charge in [-0.2, -0.15) is 0 Å². The van der Waals surface area contributed by atoms with E-state index in [4.69, 9.17) is 11.6 Å². The molecule has 1 N–H and O–H groups in total. The molecule has 1 unspecified atom stereocenters. The van der Waals surface area contributed by atoms with Crippen LogP contribution in [0, 0.1) is 0 Å². The molecule has 0 saturated carbocycles. The maximum Gasteiger partial charge on any atom is 0.0715 e. The molecule has 0 aliphatic heterocycles. The molecule has 0 spiro atoms. The second-order valence-corrected chi connectivity index (χ2v) is 5.27. The van der Waals surface area contributed by atoms with Gasteiger partial charge in [-0.05, 0) is 23.0 Å². The topological polar surface area (TPSA) is 20.2 Å². The molecule has 0 amide bonds. The minimum absolute atomic E-state index is 0.184. The molecule has 0 saturated heterocycles. The van der Waals surface area contributed by atoms with E-state index in [0.29, 0.717) is 12.3 Å². The Labute approximate surface area is 97.1 Å². The lowest BCUT2D eigenvalue weighted by atomic mass is 9.86. The van der Waals surface area contributed by atoms with E-state index in [1.807, 2.05) is 0 Å². The number of alkyl halides is 1. The summed E-state index contributed by atoms with van der Waals surface area (Å²) in [5.74, 6) is 0.293. The van der Waals surface area contributed by atoms with Crippen molar-refractivity contribution in [3.8, 4) is 0 Å². The Morgan fingerprint density at radius 3 is 2.13 bits per heavy atom. The highest BCUT2D eigenvalue weighted by molar-refractivity contribution is 6.18. The predicted octanol–water partition coefficient (Wildman–Crippen LogP) is 3.13. The van der Waals surface area contributed by atoms with Gasteiger partial charge in [0.25, 0.3) is 0 Å². The first-order chi connectivity index (χ1) is 6.93. The number of hydrogen-bond acceptors (Lipinski definition) is 1. The van der Waals surface area contributed by atoms with Gasteiger partial charge in [0.1, 0.15) is 0 Å². The quantitative estimate of drug-likeness (QED) is 0.786. The van der Waals surface area contributed by atoms with Gasteiger partial charge in [-0.1, -0.05) is 45.0 Å². The summed E-state index contributed by atoms with van der Waals surface area (Å²) in [4.78, 5) is 0. The number of benzene rings is 1. The summed E-state index contributed by atoms with van der Waals surface area (Å²) in [6.45, 7) is 6.57. The summed E-state index contributed by atoms with van der Waals surface area (Å²) in [6.07, 6.45) is 0.195. The zero-order valence-corrected chi connectivity index (χ0v) is 10.4. The van der Waals surface area contributed by atoms with Gasteiger partial charge >= 0.3 is 0 Å². The molecule has 0 aromatic heterocycles. The van der Waals surface area contributed by atoms with Crippen molar-refractivity contribution in [1.29, 1.82) is 0 Å². The zero-order valence-electron chi connectivity index (χ0n) is 9.63. The number of rotatable bonds is 3. The summed E-state index contributed by atoms with van der Waals surface area (Å²) in [7, 11) is 0. The summed E-state index contributed by atoms with van der Waals surface area (Å²) in [5, 5.41) is 9.41. The normalized spacial score (nSPS) is 13.9. The van der Waals surface area contributed by atoms with Gasteiger partial charge in [-0.3, -0.25) is 0 Å². The van der Waals surface area contributed by atoms with Crippen LogP contribution in [-0.2, 0) is 11.8 Å². The van der Waals surface area contributed by atoms with E-state index in [1.54, 1.807) is 0 Å². The maximum absolute atomic E-state index is 9.41. The van der Waals surface area contributed by atoms with E-state index in [0.717, 1.165) is 5.56 Å². The molecule has 0 radical (unpaired) electrons. The molecule has 1 nitrogen and oxygen atoms in total. The second-order valence-electron chi connectivity index (χ2n) is 4.96. The lowest BCUT2D eigenvalue weighted by Crippen LogP contribution is -2.13. The molecule has 1 aromatic carbocycles. The summed E-state index contributed by atoms with van der Waals surface area (Å²) >= 11 is 5.56. The lowest BCUT2D eigenvalue weighted by molar-refractivity contribution is 0.199. The van der Waals surface area contributed by atoms with Crippen LogP contribution in [0.5, 0.6) is 0 Å². The highest BCUT2D eigenvalue weighted by Gasteiger charge is 2.13. The van der Waals surface area contributed by atoms with Crippen LogP contribution in [-0.4, -0.2) is 17.1 Å². The van der Waals surface area contributed by atoms with Gasteiger partial charge in [0.15, 0.2) is 0 Å². The first-order valence-corrected chi connectivity index (χ1v) is 5.80. The molecule has 1 atom stereocenters. The van der Waals surface area contributed by atoms with Gasteiger partial charge < -0.3 is 5.11 Å². The fourth-order valence-electron chi connectivity index (χ4n) is 1.47. The van der Waals surface area contributed by atoms with Crippen LogP contribution in [0.3, 0.4) is 0 Å². The molecule has 15 heavy (non-hydrogen) atoms. The van der Waals surface area contributed by atoms with Gasteiger partial charge in [-0.15, -0.1) is 11.6 Å². The first kappa shape index (κ1) is 12.5. The average Bonchev–Trinajstić information content (AvgIpc) is 2.17. The molecule has 1 aromatic rings. The monoisotopic (exact) mass is 226 g/mol. The molecular weight excluding hydrogens is 208 g/mol. The predicted molar refractivity (Wildman–Crippen MR) is 65.6 cm³/mol. The number of hydrogen-bond donors (Lipinski definition) is 1. The molecule has 0 aliphatic rings. The molecule has 0 heterocycles. The summed E-state index contributed by atoms with van der Waals surface area (Å²) in [5.41, 5.74) is 2.63. The molecule has 0 bridgehead atoms. The van der Waals surface area contributed by atoms with E-state index < -0.39 is 6.10 Å². The maximum atomic E-state index is 9.41. The van der Waals surface area contributed by atoms with E-state index in [-0.39, 0.29) is 5.41 Å². The SMILES string of the molecule is CC(C)(C)c1ccc(CC(O)CCl)cc1. The van der Waals surface area contributed by atoms with Crippen molar-refractivity contribution in [2.24, 2.45) is 0 Å². The number of aliphatic hydroxyl groups is 1. The van der Waals surface area contributed by atoms with E-state index >= 15 is 0 Å². The van der Waals surface area contributed by atoms with Crippen LogP contribution in [0.1, 0.15) is 31.9 Å². The number of halogens is 1. The molecular formula is C13H19ClO. The van der Waals surface area contributed by atoms with Crippen molar-refractivity contribution < 1.29 is 5.11 Å². The van der Waals surface area contributed by atoms with Crippen LogP contribution in [0.4, 0.5) is 0 Å². The number of aliphatic hydroxyl groups excluding tert-OH is 1. The molecule has 0 fully saturated rings. The van der Waals surface area contributed by atoms with E-state index in [1.165, 1.54) is 5.56 Å². The minimum Gasteiger partial charge on any atom is -0.392 e. The Morgan fingerprint density at radius 2 is 1.73 bits per heavy atom. The Hall–Kier alpha value is -0.530. The molecule has 0 aliphatic carbocycles. The minimum atomic E-state index is -0.438. The third-order valence-corrected chi connectivity index (χ3v) is 2.83. The van der Waals surface area contributed by atoms with Gasteiger partial charge in [0.2, 0.25) is 0 Å². The van der Waals surface area contributed by atoms with Crippen LogP contribution in [0.15, 0.2) is 24.3 Å². The van der Waals surface area contributed by atoms with Crippen molar-refractivity contribution >= 4 is 11.6 Å². The van der Waals surface area contributed by atoms with Crippen molar-refractivity contribution in [2.45, 2.75) is 38.7 Å². The summed E-state index contributed by atoms with van der Waals surface area (Å²) < 4.78 is 0. The van der Waals surface area contributed by atoms with E-state index in [2.05, 4.69) is 45.0 Å². The van der Waals surface area contributed by atoms with Gasteiger partial charge in [0, 0.05) is 5.88 Å². The lowest BCUT2D eigenvalue weighted by Gasteiger charge is -2.19.